The Morgan fingerprint density at radius 3 is 2.65 bits per heavy atom. The molecule has 26 heavy (non-hydrogen) atoms. The molecule has 9 heteroatoms. The molecule has 0 radical (unpaired) electrons. The van der Waals surface area contributed by atoms with Gasteiger partial charge in [-0.1, -0.05) is 23.7 Å². The third-order valence-corrected chi connectivity index (χ3v) is 5.53. The largest absolute Gasteiger partial charge is 0.495 e. The SMILES string of the molecule is COc1ccc(Cl)cc1NC(=O)CN(C)S(=O)(=O)Cc1cccc(F)c1. The van der Waals surface area contributed by atoms with Gasteiger partial charge in [-0.05, 0) is 35.9 Å². The van der Waals surface area contributed by atoms with Crippen molar-refractivity contribution in [2.75, 3.05) is 26.0 Å². The molecule has 0 atom stereocenters. The summed E-state index contributed by atoms with van der Waals surface area (Å²) in [7, 11) is -1.07. The third-order valence-electron chi connectivity index (χ3n) is 3.51. The van der Waals surface area contributed by atoms with Gasteiger partial charge >= 0.3 is 0 Å². The Morgan fingerprint density at radius 2 is 2.00 bits per heavy atom. The zero-order valence-electron chi connectivity index (χ0n) is 14.2. The molecule has 2 aromatic carbocycles. The Morgan fingerprint density at radius 1 is 1.27 bits per heavy atom. The maximum absolute atomic E-state index is 13.2. The highest BCUT2D eigenvalue weighted by molar-refractivity contribution is 7.88. The van der Waals surface area contributed by atoms with Gasteiger partial charge in [-0.2, -0.15) is 4.31 Å². The summed E-state index contributed by atoms with van der Waals surface area (Å²) in [4.78, 5) is 12.2. The summed E-state index contributed by atoms with van der Waals surface area (Å²) in [5, 5.41) is 2.96. The smallest absolute Gasteiger partial charge is 0.239 e. The molecule has 0 heterocycles. The van der Waals surface area contributed by atoms with E-state index in [-0.39, 0.29) is 0 Å². The number of hydrogen-bond donors (Lipinski definition) is 1. The van der Waals surface area contributed by atoms with E-state index < -0.39 is 34.0 Å². The summed E-state index contributed by atoms with van der Waals surface area (Å²) in [6, 6.07) is 9.99. The van der Waals surface area contributed by atoms with Gasteiger partial charge in [-0.25, -0.2) is 12.8 Å². The van der Waals surface area contributed by atoms with Gasteiger partial charge in [0, 0.05) is 12.1 Å². The Kier molecular flexibility index (Phi) is 6.57. The second-order valence-electron chi connectivity index (χ2n) is 5.53. The van der Waals surface area contributed by atoms with Crippen LogP contribution in [0.5, 0.6) is 5.75 Å². The van der Waals surface area contributed by atoms with E-state index in [0.29, 0.717) is 22.0 Å². The van der Waals surface area contributed by atoms with Crippen LogP contribution >= 0.6 is 11.6 Å². The first-order valence-electron chi connectivity index (χ1n) is 7.53. The number of amides is 1. The number of nitrogens with one attached hydrogen (secondary N) is 1. The molecule has 0 aliphatic carbocycles. The lowest BCUT2D eigenvalue weighted by Crippen LogP contribution is -2.35. The number of anilines is 1. The number of carbonyl (C=O) groups excluding carboxylic acids is 1. The van der Waals surface area contributed by atoms with E-state index in [9.17, 15) is 17.6 Å². The van der Waals surface area contributed by atoms with Gasteiger partial charge in [0.15, 0.2) is 0 Å². The zero-order valence-corrected chi connectivity index (χ0v) is 15.8. The molecule has 0 spiro atoms. The Hall–Kier alpha value is -2.16. The minimum absolute atomic E-state index is 0.300. The molecule has 0 aromatic heterocycles. The van der Waals surface area contributed by atoms with E-state index in [4.69, 9.17) is 16.3 Å². The second-order valence-corrected chi connectivity index (χ2v) is 8.05. The average Bonchev–Trinajstić information content (AvgIpc) is 2.54. The van der Waals surface area contributed by atoms with Crippen LogP contribution in [0.15, 0.2) is 42.5 Å². The summed E-state index contributed by atoms with van der Waals surface area (Å²) >= 11 is 5.89. The molecule has 0 saturated carbocycles. The van der Waals surface area contributed by atoms with E-state index in [1.165, 1.54) is 38.4 Å². The quantitative estimate of drug-likeness (QED) is 0.775. The topological polar surface area (TPSA) is 75.7 Å². The number of rotatable bonds is 7. The number of benzene rings is 2. The monoisotopic (exact) mass is 400 g/mol. The van der Waals surface area contributed by atoms with Gasteiger partial charge in [0.2, 0.25) is 15.9 Å². The highest BCUT2D eigenvalue weighted by Crippen LogP contribution is 2.27. The van der Waals surface area contributed by atoms with E-state index in [1.807, 2.05) is 0 Å². The first-order chi connectivity index (χ1) is 12.2. The number of likely N-dealkylation sites (N-methyl/N-ethyl adjacent to an activating group) is 1. The number of halogens is 2. The van der Waals surface area contributed by atoms with Crippen LogP contribution < -0.4 is 10.1 Å². The fourth-order valence-corrected chi connectivity index (χ4v) is 3.52. The number of ether oxygens (including phenoxy) is 1. The number of nitrogens with zero attached hydrogens (tertiary/aromatic N) is 1. The molecular weight excluding hydrogens is 383 g/mol. The molecule has 0 unspecified atom stereocenters. The lowest BCUT2D eigenvalue weighted by atomic mass is 10.2. The van der Waals surface area contributed by atoms with Crippen LogP contribution in [0.2, 0.25) is 5.02 Å². The number of methoxy groups -OCH3 is 1. The van der Waals surface area contributed by atoms with Crippen molar-refractivity contribution in [3.63, 3.8) is 0 Å². The van der Waals surface area contributed by atoms with Crippen molar-refractivity contribution in [1.82, 2.24) is 4.31 Å². The van der Waals surface area contributed by atoms with Crippen LogP contribution in [0.25, 0.3) is 0 Å². The first-order valence-corrected chi connectivity index (χ1v) is 9.52. The van der Waals surface area contributed by atoms with Crippen LogP contribution in [0.3, 0.4) is 0 Å². The highest BCUT2D eigenvalue weighted by atomic mass is 35.5. The van der Waals surface area contributed by atoms with Crippen molar-refractivity contribution in [1.29, 1.82) is 0 Å². The first kappa shape index (κ1) is 20.2. The third kappa shape index (κ3) is 5.42. The Bertz CT molecular complexity index is 905. The number of hydrogen-bond acceptors (Lipinski definition) is 4. The average molecular weight is 401 g/mol. The minimum atomic E-state index is -3.79. The number of carbonyl (C=O) groups is 1. The Labute approximate surface area is 156 Å². The fraction of sp³-hybridized carbons (Fsp3) is 0.235. The fourth-order valence-electron chi connectivity index (χ4n) is 2.22. The summed E-state index contributed by atoms with van der Waals surface area (Å²) in [5.74, 6) is -1.09. The Balaban J connectivity index is 2.05. The van der Waals surface area contributed by atoms with Crippen LogP contribution in [0.1, 0.15) is 5.56 Å². The number of sulfonamides is 1. The molecule has 6 nitrogen and oxygen atoms in total. The molecule has 0 aliphatic heterocycles. The maximum Gasteiger partial charge on any atom is 0.239 e. The van der Waals surface area contributed by atoms with Crippen LogP contribution in [0, 0.1) is 5.82 Å². The lowest BCUT2D eigenvalue weighted by Gasteiger charge is -2.17. The van der Waals surface area contributed by atoms with Crippen molar-refractivity contribution in [2.45, 2.75) is 5.75 Å². The second kappa shape index (κ2) is 8.48. The highest BCUT2D eigenvalue weighted by Gasteiger charge is 2.22. The molecule has 140 valence electrons. The van der Waals surface area contributed by atoms with Crippen molar-refractivity contribution in [3.8, 4) is 5.75 Å². The molecule has 0 bridgehead atoms. The van der Waals surface area contributed by atoms with E-state index in [2.05, 4.69) is 5.32 Å². The van der Waals surface area contributed by atoms with Gasteiger partial charge in [0.25, 0.3) is 0 Å². The van der Waals surface area contributed by atoms with Crippen molar-refractivity contribution in [3.05, 3.63) is 58.9 Å². The standard InChI is InChI=1S/C17H18ClFN2O4S/c1-21(26(23,24)11-12-4-3-5-14(19)8-12)10-17(22)20-15-9-13(18)6-7-16(15)25-2/h3-9H,10-11H2,1-2H3,(H,20,22). The van der Waals surface area contributed by atoms with Gasteiger partial charge in [-0.3, -0.25) is 4.79 Å². The predicted octanol–water partition coefficient (Wildman–Crippen LogP) is 2.89. The molecule has 0 saturated heterocycles. The van der Waals surface area contributed by atoms with Gasteiger partial charge < -0.3 is 10.1 Å². The molecule has 2 rings (SSSR count). The molecule has 1 amide bonds. The van der Waals surface area contributed by atoms with Crippen LogP contribution in [0.4, 0.5) is 10.1 Å². The summed E-state index contributed by atoms with van der Waals surface area (Å²) in [5.41, 5.74) is 0.634. The molecule has 2 aromatic rings. The van der Waals surface area contributed by atoms with E-state index in [0.717, 1.165) is 10.4 Å². The van der Waals surface area contributed by atoms with Crippen LogP contribution in [-0.2, 0) is 20.6 Å². The normalized spacial score (nSPS) is 11.4. The lowest BCUT2D eigenvalue weighted by molar-refractivity contribution is -0.116. The van der Waals surface area contributed by atoms with Gasteiger partial charge in [0.05, 0.1) is 25.1 Å². The van der Waals surface area contributed by atoms with E-state index >= 15 is 0 Å². The zero-order chi connectivity index (χ0) is 19.3. The van der Waals surface area contributed by atoms with Crippen molar-refractivity contribution in [2.24, 2.45) is 0 Å². The van der Waals surface area contributed by atoms with Crippen molar-refractivity contribution >= 4 is 33.2 Å². The summed E-state index contributed by atoms with van der Waals surface area (Å²) < 4.78 is 43.9. The summed E-state index contributed by atoms with van der Waals surface area (Å²) in [6.45, 7) is -0.409. The van der Waals surface area contributed by atoms with E-state index in [1.54, 1.807) is 12.1 Å². The van der Waals surface area contributed by atoms with Crippen LogP contribution in [-0.4, -0.2) is 39.3 Å². The summed E-state index contributed by atoms with van der Waals surface area (Å²) in [6.07, 6.45) is 0. The molecular formula is C17H18ClFN2O4S. The van der Waals surface area contributed by atoms with Crippen molar-refractivity contribution < 1.29 is 22.3 Å². The molecule has 1 N–H and O–H groups in total. The van der Waals surface area contributed by atoms with Gasteiger partial charge in [-0.15, -0.1) is 0 Å². The molecule has 0 aliphatic rings. The van der Waals surface area contributed by atoms with Gasteiger partial charge in [0.1, 0.15) is 11.6 Å². The maximum atomic E-state index is 13.2. The predicted molar refractivity (Wildman–Crippen MR) is 98.3 cm³/mol. The molecule has 0 fully saturated rings. The minimum Gasteiger partial charge on any atom is -0.495 e.